The zero-order chi connectivity index (χ0) is 15.4. The van der Waals surface area contributed by atoms with E-state index in [0.29, 0.717) is 17.9 Å². The van der Waals surface area contributed by atoms with Gasteiger partial charge in [-0.15, -0.1) is 0 Å². The van der Waals surface area contributed by atoms with E-state index in [4.69, 9.17) is 15.7 Å². The molecule has 0 aromatic heterocycles. The number of benzene rings is 2. The fraction of sp³-hybridized carbons (Fsp3) is 0.188. The molecule has 0 aliphatic carbocycles. The molecule has 0 aliphatic rings. The summed E-state index contributed by atoms with van der Waals surface area (Å²) in [7, 11) is 0. The van der Waals surface area contributed by atoms with Crippen molar-refractivity contribution >= 4 is 5.84 Å². The Morgan fingerprint density at radius 3 is 2.57 bits per heavy atom. The van der Waals surface area contributed by atoms with Gasteiger partial charge in [0.2, 0.25) is 0 Å². The minimum atomic E-state index is -0.279. The summed E-state index contributed by atoms with van der Waals surface area (Å²) in [5.74, 6) is 0.440. The maximum Gasteiger partial charge on any atom is 0.170 e. The predicted octanol–water partition coefficient (Wildman–Crippen LogP) is 3.12. The van der Waals surface area contributed by atoms with Crippen molar-refractivity contribution < 1.29 is 14.3 Å². The highest BCUT2D eigenvalue weighted by Crippen LogP contribution is 2.21. The molecule has 0 radical (unpaired) electrons. The van der Waals surface area contributed by atoms with Crippen LogP contribution in [0.5, 0.6) is 5.75 Å². The third-order valence-corrected chi connectivity index (χ3v) is 3.27. The quantitative estimate of drug-likeness (QED) is 0.393. The first kappa shape index (κ1) is 14.8. The Morgan fingerprint density at radius 2 is 1.95 bits per heavy atom. The molecule has 0 aliphatic heterocycles. The number of amidine groups is 1. The van der Waals surface area contributed by atoms with Crippen LogP contribution in [-0.4, -0.2) is 11.0 Å². The van der Waals surface area contributed by atoms with Gasteiger partial charge in [0.1, 0.15) is 18.2 Å². The lowest BCUT2D eigenvalue weighted by Crippen LogP contribution is -2.13. The van der Waals surface area contributed by atoms with Gasteiger partial charge in [0.05, 0.1) is 0 Å². The van der Waals surface area contributed by atoms with Crippen LogP contribution in [0.25, 0.3) is 0 Å². The SMILES string of the molecule is Cc1cc(/C(N)=N/O)ccc1COc1ccc(F)cc1C. The zero-order valence-corrected chi connectivity index (χ0v) is 11.9. The van der Waals surface area contributed by atoms with Crippen LogP contribution in [-0.2, 0) is 6.61 Å². The van der Waals surface area contributed by atoms with Crippen molar-refractivity contribution in [3.63, 3.8) is 0 Å². The second kappa shape index (κ2) is 6.26. The maximum atomic E-state index is 13.0. The maximum absolute atomic E-state index is 13.0. The topological polar surface area (TPSA) is 67.8 Å². The van der Waals surface area contributed by atoms with E-state index in [9.17, 15) is 4.39 Å². The van der Waals surface area contributed by atoms with Crippen molar-refractivity contribution in [2.75, 3.05) is 0 Å². The van der Waals surface area contributed by atoms with Gasteiger partial charge in [0, 0.05) is 5.56 Å². The third-order valence-electron chi connectivity index (χ3n) is 3.27. The first-order valence-corrected chi connectivity index (χ1v) is 6.47. The van der Waals surface area contributed by atoms with E-state index < -0.39 is 0 Å². The van der Waals surface area contributed by atoms with Gasteiger partial charge in [-0.1, -0.05) is 17.3 Å². The van der Waals surface area contributed by atoms with Crippen LogP contribution in [0.2, 0.25) is 0 Å². The molecule has 21 heavy (non-hydrogen) atoms. The smallest absolute Gasteiger partial charge is 0.170 e. The van der Waals surface area contributed by atoms with Crippen molar-refractivity contribution in [3.05, 3.63) is 64.5 Å². The molecule has 2 aromatic rings. The lowest BCUT2D eigenvalue weighted by Gasteiger charge is -2.12. The lowest BCUT2D eigenvalue weighted by atomic mass is 10.1. The van der Waals surface area contributed by atoms with Crippen molar-refractivity contribution in [1.29, 1.82) is 0 Å². The van der Waals surface area contributed by atoms with Gasteiger partial charge in [0.25, 0.3) is 0 Å². The van der Waals surface area contributed by atoms with Crippen molar-refractivity contribution in [1.82, 2.24) is 0 Å². The first-order valence-electron chi connectivity index (χ1n) is 6.47. The van der Waals surface area contributed by atoms with E-state index in [1.165, 1.54) is 12.1 Å². The summed E-state index contributed by atoms with van der Waals surface area (Å²) in [6.07, 6.45) is 0. The van der Waals surface area contributed by atoms with E-state index in [1.54, 1.807) is 19.1 Å². The van der Waals surface area contributed by atoms with Crippen LogP contribution in [0.4, 0.5) is 4.39 Å². The number of oxime groups is 1. The molecular formula is C16H17FN2O2. The van der Waals surface area contributed by atoms with Crippen LogP contribution in [0.15, 0.2) is 41.6 Å². The average molecular weight is 288 g/mol. The fourth-order valence-electron chi connectivity index (χ4n) is 2.01. The van der Waals surface area contributed by atoms with Gasteiger partial charge in [0.15, 0.2) is 5.84 Å². The average Bonchev–Trinajstić information content (AvgIpc) is 2.46. The highest BCUT2D eigenvalue weighted by Gasteiger charge is 2.06. The van der Waals surface area contributed by atoms with E-state index >= 15 is 0 Å². The molecule has 5 heteroatoms. The molecule has 0 spiro atoms. The first-order chi connectivity index (χ1) is 10.0. The normalized spacial score (nSPS) is 11.5. The van der Waals surface area contributed by atoms with Crippen LogP contribution in [0.1, 0.15) is 22.3 Å². The molecule has 2 aromatic carbocycles. The Balaban J connectivity index is 2.13. The molecule has 0 bridgehead atoms. The Bertz CT molecular complexity index is 684. The standard InChI is InChI=1S/C16H17FN2O2/c1-10-7-12(16(18)19-20)3-4-13(10)9-21-15-6-5-14(17)8-11(15)2/h3-8,20H,9H2,1-2H3,(H2,18,19). The second-order valence-electron chi connectivity index (χ2n) is 4.82. The summed E-state index contributed by atoms with van der Waals surface area (Å²) in [6.45, 7) is 4.09. The number of nitrogens with zero attached hydrogens (tertiary/aromatic N) is 1. The summed E-state index contributed by atoms with van der Waals surface area (Å²) in [4.78, 5) is 0. The fourth-order valence-corrected chi connectivity index (χ4v) is 2.01. The van der Waals surface area contributed by atoms with Crippen LogP contribution in [0.3, 0.4) is 0 Å². The lowest BCUT2D eigenvalue weighted by molar-refractivity contribution is 0.303. The van der Waals surface area contributed by atoms with Gasteiger partial charge in [-0.3, -0.25) is 0 Å². The van der Waals surface area contributed by atoms with Gasteiger partial charge >= 0.3 is 0 Å². The molecular weight excluding hydrogens is 271 g/mol. The third kappa shape index (κ3) is 3.51. The summed E-state index contributed by atoms with van der Waals surface area (Å²) in [5, 5.41) is 11.6. The van der Waals surface area contributed by atoms with E-state index in [2.05, 4.69) is 5.16 Å². The molecule has 0 atom stereocenters. The molecule has 3 N–H and O–H groups in total. The molecule has 110 valence electrons. The predicted molar refractivity (Wildman–Crippen MR) is 79.2 cm³/mol. The Hall–Kier alpha value is -2.56. The molecule has 2 rings (SSSR count). The number of hydrogen-bond donors (Lipinski definition) is 2. The number of ether oxygens (including phenoxy) is 1. The molecule has 0 unspecified atom stereocenters. The number of halogens is 1. The Kier molecular flexibility index (Phi) is 4.42. The van der Waals surface area contributed by atoms with Gasteiger partial charge in [-0.25, -0.2) is 4.39 Å². The highest BCUT2D eigenvalue weighted by molar-refractivity contribution is 5.97. The monoisotopic (exact) mass is 288 g/mol. The van der Waals surface area contributed by atoms with Crippen molar-refractivity contribution in [2.24, 2.45) is 10.9 Å². The molecule has 0 saturated carbocycles. The largest absolute Gasteiger partial charge is 0.489 e. The second-order valence-corrected chi connectivity index (χ2v) is 4.82. The minimum absolute atomic E-state index is 0.0694. The molecule has 0 saturated heterocycles. The van der Waals surface area contributed by atoms with Crippen LogP contribution < -0.4 is 10.5 Å². The molecule has 0 heterocycles. The van der Waals surface area contributed by atoms with Gasteiger partial charge in [-0.2, -0.15) is 0 Å². The zero-order valence-electron chi connectivity index (χ0n) is 11.9. The number of nitrogens with two attached hydrogens (primary N) is 1. The molecule has 0 amide bonds. The highest BCUT2D eigenvalue weighted by atomic mass is 19.1. The number of hydrogen-bond acceptors (Lipinski definition) is 3. The van der Waals surface area contributed by atoms with Gasteiger partial charge < -0.3 is 15.7 Å². The minimum Gasteiger partial charge on any atom is -0.489 e. The summed E-state index contributed by atoms with van der Waals surface area (Å²) < 4.78 is 18.7. The molecule has 0 fully saturated rings. The number of rotatable bonds is 4. The summed E-state index contributed by atoms with van der Waals surface area (Å²) in [5.41, 5.74) is 8.90. The molecule has 4 nitrogen and oxygen atoms in total. The van der Waals surface area contributed by atoms with Crippen molar-refractivity contribution in [3.8, 4) is 5.75 Å². The summed E-state index contributed by atoms with van der Waals surface area (Å²) >= 11 is 0. The van der Waals surface area contributed by atoms with E-state index in [1.807, 2.05) is 19.1 Å². The summed E-state index contributed by atoms with van der Waals surface area (Å²) in [6, 6.07) is 9.87. The Labute approximate surface area is 122 Å². The van der Waals surface area contributed by atoms with Gasteiger partial charge in [-0.05, 0) is 54.8 Å². The van der Waals surface area contributed by atoms with Crippen LogP contribution in [0, 0.1) is 19.7 Å². The Morgan fingerprint density at radius 1 is 1.19 bits per heavy atom. The van der Waals surface area contributed by atoms with E-state index in [-0.39, 0.29) is 11.7 Å². The number of aryl methyl sites for hydroxylation is 2. The van der Waals surface area contributed by atoms with Crippen LogP contribution >= 0.6 is 0 Å². The van der Waals surface area contributed by atoms with E-state index in [0.717, 1.165) is 16.7 Å². The van der Waals surface area contributed by atoms with Crippen molar-refractivity contribution in [2.45, 2.75) is 20.5 Å².